The van der Waals surface area contributed by atoms with Crippen LogP contribution in [0.2, 0.25) is 0 Å². The Morgan fingerprint density at radius 3 is 1.50 bits per heavy atom. The minimum absolute atomic E-state index is 0.0642. The lowest BCUT2D eigenvalue weighted by atomic mass is 10.0. The first-order valence-corrected chi connectivity index (χ1v) is 16.2. The monoisotopic (exact) mass is 538 g/mol. The van der Waals surface area contributed by atoms with E-state index in [1.807, 2.05) is 0 Å². The summed E-state index contributed by atoms with van der Waals surface area (Å²) in [5.41, 5.74) is 0. The highest BCUT2D eigenvalue weighted by molar-refractivity contribution is 5.70. The number of hydrogen-bond acceptors (Lipinski definition) is 5. The van der Waals surface area contributed by atoms with E-state index >= 15 is 0 Å². The van der Waals surface area contributed by atoms with Gasteiger partial charge in [-0.15, -0.1) is 0 Å². The second-order valence-corrected chi connectivity index (χ2v) is 10.9. The number of aliphatic hydroxyl groups excluding tert-OH is 1. The third-order valence-electron chi connectivity index (χ3n) is 7.06. The predicted octanol–water partition coefficient (Wildman–Crippen LogP) is 9.39. The first kappa shape index (κ1) is 36.6. The molecule has 38 heavy (non-hydrogen) atoms. The zero-order chi connectivity index (χ0) is 27.9. The number of carbonyl (C=O) groups is 2. The Hall–Kier alpha value is -1.36. The van der Waals surface area contributed by atoms with Crippen LogP contribution in [-0.4, -0.2) is 36.4 Å². The van der Waals surface area contributed by atoms with Crippen LogP contribution < -0.4 is 0 Å². The van der Waals surface area contributed by atoms with E-state index < -0.39 is 6.10 Å². The Balaban J connectivity index is 3.57. The van der Waals surface area contributed by atoms with E-state index in [4.69, 9.17) is 9.47 Å². The third-order valence-corrected chi connectivity index (χ3v) is 7.06. The fourth-order valence-corrected chi connectivity index (χ4v) is 4.53. The molecule has 0 bridgehead atoms. The van der Waals surface area contributed by atoms with Gasteiger partial charge in [0.05, 0.1) is 6.61 Å². The number of ether oxygens (including phenoxy) is 2. The van der Waals surface area contributed by atoms with Gasteiger partial charge in [0, 0.05) is 12.8 Å². The first-order chi connectivity index (χ1) is 18.6. The van der Waals surface area contributed by atoms with Crippen molar-refractivity contribution >= 4 is 11.9 Å². The molecule has 1 unspecified atom stereocenters. The number of hydrogen-bond donors (Lipinski definition) is 1. The molecule has 5 nitrogen and oxygen atoms in total. The molecule has 0 saturated carbocycles. The zero-order valence-electron chi connectivity index (χ0n) is 25.2. The van der Waals surface area contributed by atoms with Crippen molar-refractivity contribution in [3.8, 4) is 0 Å². The van der Waals surface area contributed by atoms with Gasteiger partial charge in [0.15, 0.2) is 6.10 Å². The van der Waals surface area contributed by atoms with Crippen molar-refractivity contribution < 1.29 is 24.2 Å². The molecule has 0 rings (SSSR count). The fourth-order valence-electron chi connectivity index (χ4n) is 4.53. The van der Waals surface area contributed by atoms with Crippen LogP contribution in [-0.2, 0) is 19.1 Å². The summed E-state index contributed by atoms with van der Waals surface area (Å²) in [7, 11) is 0. The van der Waals surface area contributed by atoms with E-state index in [9.17, 15) is 14.7 Å². The van der Waals surface area contributed by atoms with Crippen LogP contribution in [0.15, 0.2) is 12.2 Å². The number of allylic oxidation sites excluding steroid dienone is 2. The minimum atomic E-state index is -0.766. The number of esters is 2. The Labute approximate surface area is 235 Å². The standard InChI is InChI=1S/C33H62O5/c1-3-5-7-9-11-13-15-16-18-19-21-23-25-27-32(35)37-30-31(29-34)38-33(36)28-26-24-22-20-17-14-12-10-8-6-4-2/h10,12,31,34H,3-9,11,13-30H2,1-2H3/b12-10-. The topological polar surface area (TPSA) is 72.8 Å². The van der Waals surface area contributed by atoms with Gasteiger partial charge in [-0.2, -0.15) is 0 Å². The molecule has 224 valence electrons. The van der Waals surface area contributed by atoms with Gasteiger partial charge in [0.1, 0.15) is 6.61 Å². The average molecular weight is 539 g/mol. The predicted molar refractivity (Wildman–Crippen MR) is 159 cm³/mol. The maximum atomic E-state index is 12.0. The van der Waals surface area contributed by atoms with E-state index in [1.54, 1.807) is 0 Å². The van der Waals surface area contributed by atoms with Crippen LogP contribution in [0, 0.1) is 0 Å². The molecule has 0 aliphatic rings. The molecule has 0 radical (unpaired) electrons. The lowest BCUT2D eigenvalue weighted by Gasteiger charge is -2.15. The van der Waals surface area contributed by atoms with Gasteiger partial charge in [-0.05, 0) is 32.1 Å². The Morgan fingerprint density at radius 2 is 1.00 bits per heavy atom. The summed E-state index contributed by atoms with van der Waals surface area (Å²) < 4.78 is 10.5. The van der Waals surface area contributed by atoms with Crippen molar-refractivity contribution in [1.82, 2.24) is 0 Å². The summed E-state index contributed by atoms with van der Waals surface area (Å²) in [5.74, 6) is -0.599. The minimum Gasteiger partial charge on any atom is -0.462 e. The van der Waals surface area contributed by atoms with Crippen molar-refractivity contribution in [2.45, 2.75) is 174 Å². The molecule has 0 aromatic rings. The van der Waals surface area contributed by atoms with Gasteiger partial charge in [0.2, 0.25) is 0 Å². The largest absolute Gasteiger partial charge is 0.462 e. The normalized spacial score (nSPS) is 12.2. The molecule has 0 spiro atoms. The molecular weight excluding hydrogens is 476 g/mol. The second kappa shape index (κ2) is 30.2. The molecular formula is C33H62O5. The van der Waals surface area contributed by atoms with E-state index in [0.29, 0.717) is 12.8 Å². The molecule has 0 aliphatic carbocycles. The summed E-state index contributed by atoms with van der Waals surface area (Å²) in [5, 5.41) is 9.47. The number of carbonyl (C=O) groups excluding carboxylic acids is 2. The molecule has 0 heterocycles. The van der Waals surface area contributed by atoms with Crippen LogP contribution >= 0.6 is 0 Å². The van der Waals surface area contributed by atoms with Crippen LogP contribution in [0.5, 0.6) is 0 Å². The quantitative estimate of drug-likeness (QED) is 0.0583. The van der Waals surface area contributed by atoms with Crippen molar-refractivity contribution in [2.24, 2.45) is 0 Å². The van der Waals surface area contributed by atoms with Crippen molar-refractivity contribution in [3.05, 3.63) is 12.2 Å². The summed E-state index contributed by atoms with van der Waals surface area (Å²) in [6.45, 7) is 4.08. The van der Waals surface area contributed by atoms with Crippen molar-refractivity contribution in [2.75, 3.05) is 13.2 Å². The molecule has 1 atom stereocenters. The van der Waals surface area contributed by atoms with Gasteiger partial charge >= 0.3 is 11.9 Å². The Bertz CT molecular complexity index is 546. The highest BCUT2D eigenvalue weighted by Crippen LogP contribution is 2.13. The summed E-state index contributed by atoms with van der Waals surface area (Å²) >= 11 is 0. The van der Waals surface area contributed by atoms with Gasteiger partial charge in [-0.25, -0.2) is 0 Å². The van der Waals surface area contributed by atoms with Crippen LogP contribution in [0.1, 0.15) is 168 Å². The average Bonchev–Trinajstić information content (AvgIpc) is 2.92. The Morgan fingerprint density at radius 1 is 0.579 bits per heavy atom. The molecule has 0 fully saturated rings. The number of aliphatic hydroxyl groups is 1. The van der Waals surface area contributed by atoms with Gasteiger partial charge in [0.25, 0.3) is 0 Å². The maximum absolute atomic E-state index is 12.0. The Kier molecular flexibility index (Phi) is 29.1. The number of unbranched alkanes of at least 4 members (excludes halogenated alkanes) is 19. The van der Waals surface area contributed by atoms with E-state index in [-0.39, 0.29) is 25.2 Å². The molecule has 0 saturated heterocycles. The van der Waals surface area contributed by atoms with E-state index in [1.165, 1.54) is 96.3 Å². The molecule has 0 aliphatic heterocycles. The second-order valence-electron chi connectivity index (χ2n) is 10.9. The first-order valence-electron chi connectivity index (χ1n) is 16.2. The summed E-state index contributed by atoms with van der Waals surface area (Å²) in [6, 6.07) is 0. The smallest absolute Gasteiger partial charge is 0.306 e. The fraction of sp³-hybridized carbons (Fsp3) is 0.879. The maximum Gasteiger partial charge on any atom is 0.306 e. The van der Waals surface area contributed by atoms with Gasteiger partial charge in [-0.3, -0.25) is 9.59 Å². The summed E-state index contributed by atoms with van der Waals surface area (Å²) in [4.78, 5) is 24.0. The van der Waals surface area contributed by atoms with Gasteiger partial charge in [-0.1, -0.05) is 135 Å². The molecule has 0 aromatic carbocycles. The number of rotatable bonds is 29. The van der Waals surface area contributed by atoms with Crippen LogP contribution in [0.3, 0.4) is 0 Å². The van der Waals surface area contributed by atoms with Crippen LogP contribution in [0.4, 0.5) is 0 Å². The highest BCUT2D eigenvalue weighted by atomic mass is 16.6. The van der Waals surface area contributed by atoms with Crippen LogP contribution in [0.25, 0.3) is 0 Å². The zero-order valence-corrected chi connectivity index (χ0v) is 25.2. The molecule has 0 aromatic heterocycles. The third kappa shape index (κ3) is 27.7. The lowest BCUT2D eigenvalue weighted by molar-refractivity contribution is -0.161. The molecule has 5 heteroatoms. The SMILES string of the molecule is CCCC/C=C\CCCCCCCC(=O)OC(CO)COC(=O)CCCCCCCCCCCCCCC. The molecule has 1 N–H and O–H groups in total. The van der Waals surface area contributed by atoms with E-state index in [0.717, 1.165) is 44.9 Å². The van der Waals surface area contributed by atoms with E-state index in [2.05, 4.69) is 26.0 Å². The molecule has 0 amide bonds. The van der Waals surface area contributed by atoms with Gasteiger partial charge < -0.3 is 14.6 Å². The highest BCUT2D eigenvalue weighted by Gasteiger charge is 2.16. The summed E-state index contributed by atoms with van der Waals surface area (Å²) in [6.07, 6.45) is 31.2. The van der Waals surface area contributed by atoms with Crippen molar-refractivity contribution in [3.63, 3.8) is 0 Å². The lowest BCUT2D eigenvalue weighted by Crippen LogP contribution is -2.28. The van der Waals surface area contributed by atoms with Crippen molar-refractivity contribution in [1.29, 1.82) is 0 Å².